The molecule has 5 rings (SSSR count). The van der Waals surface area contributed by atoms with Gasteiger partial charge < -0.3 is 9.87 Å². The van der Waals surface area contributed by atoms with E-state index in [-0.39, 0.29) is 0 Å². The van der Waals surface area contributed by atoms with Crippen LogP contribution in [0.2, 0.25) is 0 Å². The number of rotatable bonds is 4. The van der Waals surface area contributed by atoms with E-state index in [4.69, 9.17) is 10.8 Å². The molecule has 0 spiro atoms. The number of halogens is 1. The van der Waals surface area contributed by atoms with Crippen LogP contribution in [0.25, 0.3) is 16.5 Å². The number of nitrogens with one attached hydrogen (secondary N) is 1. The molecule has 3 aliphatic carbocycles. The van der Waals surface area contributed by atoms with Crippen LogP contribution in [0.5, 0.6) is 5.75 Å². The predicted octanol–water partition coefficient (Wildman–Crippen LogP) is 5.00. The summed E-state index contributed by atoms with van der Waals surface area (Å²) in [6.45, 7) is 2.17. The molecule has 1 aromatic carbocycles. The third kappa shape index (κ3) is 3.72. The lowest BCUT2D eigenvalue weighted by Crippen LogP contribution is -2.26. The fraction of sp³-hybridized carbons (Fsp3) is 0.444. The topological polar surface area (TPSA) is 60.3 Å². The number of fused-ring (bicyclic) bond motifs is 2. The summed E-state index contributed by atoms with van der Waals surface area (Å²) in [5.41, 5.74) is 3.86. The third-order valence-electron chi connectivity index (χ3n) is 4.55. The molecule has 0 atom stereocenters. The molecule has 1 fully saturated rings. The van der Waals surface area contributed by atoms with E-state index < -0.39 is 0 Å². The average Bonchev–Trinajstić information content (AvgIpc) is 2.98. The van der Waals surface area contributed by atoms with Gasteiger partial charge in [0.2, 0.25) is 0 Å². The summed E-state index contributed by atoms with van der Waals surface area (Å²) in [5.74, 6) is 7.22. The van der Waals surface area contributed by atoms with Crippen LogP contribution >= 0.6 is 22.6 Å². The van der Waals surface area contributed by atoms with Crippen molar-refractivity contribution in [3.8, 4) is 5.75 Å². The molecule has 1 saturated carbocycles. The van der Waals surface area contributed by atoms with Gasteiger partial charge in [-0.15, -0.1) is 0 Å². The van der Waals surface area contributed by atoms with Crippen molar-refractivity contribution in [2.75, 3.05) is 4.43 Å². The Labute approximate surface area is 150 Å². The molecule has 0 amide bonds. The molecule has 0 radical (unpaired) electrons. The molecule has 0 saturated heterocycles. The first-order valence-electron chi connectivity index (χ1n) is 8.16. The number of H-pyrrole nitrogens is 1. The molecule has 23 heavy (non-hydrogen) atoms. The van der Waals surface area contributed by atoms with Crippen molar-refractivity contribution in [3.63, 3.8) is 0 Å². The molecule has 2 bridgehead atoms. The van der Waals surface area contributed by atoms with Crippen LogP contribution in [0.15, 0.2) is 30.5 Å². The number of aromatic amines is 1. The molecule has 3 aliphatic rings. The number of hydrogen-bond donors (Lipinski definition) is 2. The Morgan fingerprint density at radius 2 is 2.13 bits per heavy atom. The molecule has 124 valence electrons. The van der Waals surface area contributed by atoms with Crippen LogP contribution < -0.4 is 10.8 Å². The summed E-state index contributed by atoms with van der Waals surface area (Å²) in [6.07, 6.45) is 9.84. The Balaban J connectivity index is 0.000000354. The van der Waals surface area contributed by atoms with Crippen LogP contribution in [-0.2, 0) is 4.99 Å². The summed E-state index contributed by atoms with van der Waals surface area (Å²) < 4.78 is 1.29. The van der Waals surface area contributed by atoms with Crippen molar-refractivity contribution < 1.29 is 9.88 Å². The molecule has 3 N–H and O–H groups in total. The molecule has 5 heteroatoms. The quantitative estimate of drug-likeness (QED) is 0.313. The highest BCUT2D eigenvalue weighted by molar-refractivity contribution is 14.1. The van der Waals surface area contributed by atoms with Gasteiger partial charge in [0.25, 0.3) is 0 Å². The minimum Gasteiger partial charge on any atom is -0.360 e. The zero-order valence-electron chi connectivity index (χ0n) is 13.3. The maximum atomic E-state index is 4.91. The minimum atomic E-state index is 0.601. The zero-order valence-corrected chi connectivity index (χ0v) is 15.5. The first-order valence-corrected chi connectivity index (χ1v) is 9.69. The van der Waals surface area contributed by atoms with Gasteiger partial charge in [-0.25, -0.2) is 0 Å². The molecule has 2 aromatic rings. The lowest BCUT2D eigenvalue weighted by molar-refractivity contribution is -0.211. The summed E-state index contributed by atoms with van der Waals surface area (Å²) in [5, 5.41) is 1.23. The summed E-state index contributed by atoms with van der Waals surface area (Å²) >= 11 is 2.35. The van der Waals surface area contributed by atoms with Crippen molar-refractivity contribution in [1.29, 1.82) is 0 Å². The summed E-state index contributed by atoms with van der Waals surface area (Å²) in [7, 11) is 0. The molecular formula is C18H23IN2O2. The average molecular weight is 426 g/mol. The number of alkyl halides is 1. The van der Waals surface area contributed by atoms with Gasteiger partial charge in [-0.2, -0.15) is 5.90 Å². The Kier molecular flexibility index (Phi) is 5.61. The monoisotopic (exact) mass is 426 g/mol. The van der Waals surface area contributed by atoms with Gasteiger partial charge in [-0.05, 0) is 59.7 Å². The standard InChI is InChI=1S/C15H16N2O2.C3H7I/c16-19-18-12-1-2-13-14(8-17-15(13)7-12)11-5-9-3-10(4-9)6-11;1-2-3-4/h1-2,5,7-10,17H,3-4,6,16H2;2-3H2,1H3. The minimum absolute atomic E-state index is 0.601. The number of allylic oxidation sites excluding steroid dienone is 2. The largest absolute Gasteiger partial charge is 0.360 e. The maximum Gasteiger partial charge on any atom is 0.169 e. The number of aromatic nitrogens is 1. The van der Waals surface area contributed by atoms with Gasteiger partial charge in [-0.3, -0.25) is 0 Å². The molecular weight excluding hydrogens is 403 g/mol. The lowest BCUT2D eigenvalue weighted by Gasteiger charge is -2.39. The molecule has 1 aromatic heterocycles. The van der Waals surface area contributed by atoms with E-state index in [0.717, 1.165) is 17.4 Å². The van der Waals surface area contributed by atoms with Crippen molar-refractivity contribution in [3.05, 3.63) is 36.0 Å². The lowest BCUT2D eigenvalue weighted by atomic mass is 9.66. The van der Waals surface area contributed by atoms with Crippen LogP contribution in [0.3, 0.4) is 0 Å². The van der Waals surface area contributed by atoms with E-state index in [1.165, 1.54) is 46.6 Å². The first-order chi connectivity index (χ1) is 11.2. The second-order valence-electron chi connectivity index (χ2n) is 6.27. The predicted molar refractivity (Wildman–Crippen MR) is 102 cm³/mol. The number of hydrogen-bond acceptors (Lipinski definition) is 3. The smallest absolute Gasteiger partial charge is 0.169 e. The van der Waals surface area contributed by atoms with Gasteiger partial charge in [-0.1, -0.05) is 40.6 Å². The van der Waals surface area contributed by atoms with Crippen molar-refractivity contribution in [2.24, 2.45) is 17.7 Å². The van der Waals surface area contributed by atoms with Gasteiger partial charge in [0.15, 0.2) is 5.75 Å². The van der Waals surface area contributed by atoms with E-state index in [1.807, 2.05) is 12.1 Å². The SMILES string of the molecule is CCCI.NOOc1ccc2c(C3=CC4CC(C3)C4)c[nH]c2c1. The van der Waals surface area contributed by atoms with E-state index in [1.54, 1.807) is 0 Å². The van der Waals surface area contributed by atoms with E-state index in [0.29, 0.717) is 5.75 Å². The summed E-state index contributed by atoms with van der Waals surface area (Å²) in [4.78, 5) is 12.3. The van der Waals surface area contributed by atoms with E-state index >= 15 is 0 Å². The van der Waals surface area contributed by atoms with E-state index in [9.17, 15) is 0 Å². The van der Waals surface area contributed by atoms with Gasteiger partial charge >= 0.3 is 0 Å². The zero-order chi connectivity index (χ0) is 16.2. The highest BCUT2D eigenvalue weighted by Crippen LogP contribution is 2.48. The molecule has 0 aliphatic heterocycles. The highest BCUT2D eigenvalue weighted by atomic mass is 127. The molecule has 0 unspecified atom stereocenters. The normalized spacial score (nSPS) is 22.0. The number of benzene rings is 1. The third-order valence-corrected chi connectivity index (χ3v) is 5.63. The maximum absolute atomic E-state index is 4.91. The second kappa shape index (κ2) is 7.68. The Morgan fingerprint density at radius 1 is 1.35 bits per heavy atom. The Hall–Kier alpha value is -1.05. The highest BCUT2D eigenvalue weighted by Gasteiger charge is 2.33. The van der Waals surface area contributed by atoms with Crippen molar-refractivity contribution in [2.45, 2.75) is 32.6 Å². The van der Waals surface area contributed by atoms with Crippen LogP contribution in [-0.4, -0.2) is 9.41 Å². The second-order valence-corrected chi connectivity index (χ2v) is 7.35. The van der Waals surface area contributed by atoms with Crippen LogP contribution in [0.1, 0.15) is 38.2 Å². The van der Waals surface area contributed by atoms with E-state index in [2.05, 4.69) is 57.8 Å². The van der Waals surface area contributed by atoms with Crippen LogP contribution in [0, 0.1) is 11.8 Å². The van der Waals surface area contributed by atoms with Crippen molar-refractivity contribution in [1.82, 2.24) is 4.98 Å². The fourth-order valence-electron chi connectivity index (χ4n) is 3.43. The summed E-state index contributed by atoms with van der Waals surface area (Å²) in [6, 6.07) is 5.82. The Morgan fingerprint density at radius 3 is 2.74 bits per heavy atom. The fourth-order valence-corrected chi connectivity index (χ4v) is 3.43. The molecule has 4 nitrogen and oxygen atoms in total. The first kappa shape index (κ1) is 16.8. The van der Waals surface area contributed by atoms with Crippen molar-refractivity contribution >= 4 is 39.1 Å². The number of nitrogens with two attached hydrogens (primary N) is 1. The molecule has 1 heterocycles. The Bertz CT molecular complexity index is 687. The van der Waals surface area contributed by atoms with Crippen LogP contribution in [0.4, 0.5) is 0 Å². The van der Waals surface area contributed by atoms with Gasteiger partial charge in [0.05, 0.1) is 0 Å². The van der Waals surface area contributed by atoms with Gasteiger partial charge in [0, 0.05) is 28.7 Å². The van der Waals surface area contributed by atoms with Gasteiger partial charge in [0.1, 0.15) is 0 Å².